The Hall–Kier alpha value is -1.69. The average molecular weight is 451 g/mol. The lowest BCUT2D eigenvalue weighted by atomic mass is 9.86. The Bertz CT molecular complexity index is 884. The molecule has 3 aliphatic rings. The molecule has 7 heteroatoms. The van der Waals surface area contributed by atoms with Crippen LogP contribution in [0.15, 0.2) is 47.8 Å². The largest absolute Gasteiger partial charge is 0.325 e. The van der Waals surface area contributed by atoms with E-state index in [2.05, 4.69) is 10.2 Å². The fourth-order valence-electron chi connectivity index (χ4n) is 4.61. The van der Waals surface area contributed by atoms with Gasteiger partial charge >= 0.3 is 0 Å². The number of carbonyl (C=O) groups is 2. The van der Waals surface area contributed by atoms with Gasteiger partial charge in [-0.25, -0.2) is 4.39 Å². The highest BCUT2D eigenvalue weighted by Gasteiger charge is 2.48. The topological polar surface area (TPSA) is 49.4 Å². The third-order valence-corrected chi connectivity index (χ3v) is 6.82. The van der Waals surface area contributed by atoms with E-state index in [0.29, 0.717) is 41.5 Å². The van der Waals surface area contributed by atoms with Crippen LogP contribution in [0, 0.1) is 11.8 Å². The molecular weight excluding hydrogens is 426 g/mol. The van der Waals surface area contributed by atoms with E-state index in [1.54, 1.807) is 30.3 Å². The predicted octanol–water partition coefficient (Wildman–Crippen LogP) is 5.13. The first-order valence-corrected chi connectivity index (χ1v) is 11.3. The van der Waals surface area contributed by atoms with Gasteiger partial charge in [0, 0.05) is 35.6 Å². The molecule has 1 N–H and O–H groups in total. The van der Waals surface area contributed by atoms with E-state index < -0.39 is 11.4 Å². The summed E-state index contributed by atoms with van der Waals surface area (Å²) in [4.78, 5) is 26.9. The molecular formula is C23H25Cl2FN2O2. The Morgan fingerprint density at radius 2 is 2.13 bits per heavy atom. The number of benzene rings is 1. The molecule has 4 atom stereocenters. The highest BCUT2D eigenvalue weighted by molar-refractivity contribution is 6.30. The van der Waals surface area contributed by atoms with Crippen molar-refractivity contribution in [1.82, 2.24) is 4.90 Å². The molecule has 4 nitrogen and oxygen atoms in total. The molecule has 1 aromatic rings. The second-order valence-electron chi connectivity index (χ2n) is 8.39. The van der Waals surface area contributed by atoms with E-state index in [9.17, 15) is 14.0 Å². The second kappa shape index (κ2) is 9.21. The molecule has 1 aliphatic heterocycles. The van der Waals surface area contributed by atoms with Crippen molar-refractivity contribution < 1.29 is 14.0 Å². The quantitative estimate of drug-likeness (QED) is 0.462. The normalized spacial score (nSPS) is 29.3. The van der Waals surface area contributed by atoms with Crippen molar-refractivity contribution in [3.8, 4) is 0 Å². The summed E-state index contributed by atoms with van der Waals surface area (Å²) in [5.41, 5.74) is 1.09. The number of hydrogen-bond acceptors (Lipinski definition) is 3. The van der Waals surface area contributed by atoms with Crippen LogP contribution < -0.4 is 5.32 Å². The first kappa shape index (κ1) is 21.5. The lowest BCUT2D eigenvalue weighted by Gasteiger charge is -2.31. The molecule has 30 heavy (non-hydrogen) atoms. The van der Waals surface area contributed by atoms with Crippen molar-refractivity contribution in [1.29, 1.82) is 0 Å². The molecule has 0 bridgehead atoms. The molecule has 3 unspecified atom stereocenters. The monoisotopic (exact) mass is 450 g/mol. The third kappa shape index (κ3) is 4.63. The van der Waals surface area contributed by atoms with Gasteiger partial charge < -0.3 is 10.1 Å². The number of amides is 1. The molecule has 1 amide bonds. The highest BCUT2D eigenvalue weighted by Crippen LogP contribution is 2.43. The minimum Gasteiger partial charge on any atom is -0.325 e. The number of anilines is 1. The standard InChI is InChI=1S/C23H25Cl2FN2O2/c24-15-3-1-4-16(11-15)27-23(30)22-19(18-5-2-6-20(25)21(18)26)12-17(9-10-29)28(22)13-14-7-8-14/h1-5,10-11,14,17,19-20,22H,6-9,12-13H2,(H,27,30)/t17-,19?,20?,22?/m0/s1. The average Bonchev–Trinajstić information content (AvgIpc) is 3.45. The van der Waals surface area contributed by atoms with Crippen LogP contribution in [0.4, 0.5) is 10.1 Å². The Labute approximate surface area is 186 Å². The Kier molecular flexibility index (Phi) is 6.61. The number of aldehydes is 1. The third-order valence-electron chi connectivity index (χ3n) is 6.22. The zero-order chi connectivity index (χ0) is 21.3. The van der Waals surface area contributed by atoms with Crippen LogP contribution in [0.5, 0.6) is 0 Å². The lowest BCUT2D eigenvalue weighted by Crippen LogP contribution is -2.47. The number of allylic oxidation sites excluding steroid dienone is 3. The second-order valence-corrected chi connectivity index (χ2v) is 9.36. The summed E-state index contributed by atoms with van der Waals surface area (Å²) in [6, 6.07) is 6.31. The molecule has 0 radical (unpaired) electrons. The van der Waals surface area contributed by atoms with Crippen LogP contribution in [0.3, 0.4) is 0 Å². The molecule has 1 aromatic carbocycles. The predicted molar refractivity (Wildman–Crippen MR) is 117 cm³/mol. The van der Waals surface area contributed by atoms with E-state index in [1.807, 2.05) is 6.08 Å². The molecule has 1 saturated heterocycles. The zero-order valence-corrected chi connectivity index (χ0v) is 18.1. The van der Waals surface area contributed by atoms with E-state index in [-0.39, 0.29) is 23.7 Å². The number of alkyl halides is 1. The first-order chi connectivity index (χ1) is 14.5. The van der Waals surface area contributed by atoms with Crippen LogP contribution in [0.2, 0.25) is 5.02 Å². The van der Waals surface area contributed by atoms with Gasteiger partial charge in [-0.3, -0.25) is 9.69 Å². The van der Waals surface area contributed by atoms with Crippen LogP contribution in [-0.2, 0) is 9.59 Å². The lowest BCUT2D eigenvalue weighted by molar-refractivity contribution is -0.122. The van der Waals surface area contributed by atoms with E-state index in [4.69, 9.17) is 23.2 Å². The van der Waals surface area contributed by atoms with Crippen LogP contribution in [0.25, 0.3) is 0 Å². The summed E-state index contributed by atoms with van der Waals surface area (Å²) in [6.45, 7) is 0.742. The molecule has 2 fully saturated rings. The number of likely N-dealkylation sites (tertiary alicyclic amines) is 1. The fraction of sp³-hybridized carbons (Fsp3) is 0.478. The van der Waals surface area contributed by atoms with Gasteiger partial charge in [0.1, 0.15) is 12.1 Å². The van der Waals surface area contributed by atoms with Crippen LogP contribution in [0.1, 0.15) is 32.1 Å². The maximum Gasteiger partial charge on any atom is 0.242 e. The molecule has 160 valence electrons. The van der Waals surface area contributed by atoms with Gasteiger partial charge in [-0.05, 0) is 55.4 Å². The summed E-state index contributed by atoms with van der Waals surface area (Å²) in [7, 11) is 0. The van der Waals surface area contributed by atoms with Crippen molar-refractivity contribution in [3.63, 3.8) is 0 Å². The summed E-state index contributed by atoms with van der Waals surface area (Å²) in [5, 5.41) is 2.77. The smallest absolute Gasteiger partial charge is 0.242 e. The van der Waals surface area contributed by atoms with Crippen LogP contribution in [-0.4, -0.2) is 41.1 Å². The Morgan fingerprint density at radius 3 is 2.83 bits per heavy atom. The highest BCUT2D eigenvalue weighted by atomic mass is 35.5. The number of nitrogens with zero attached hydrogens (tertiary/aromatic N) is 1. The van der Waals surface area contributed by atoms with E-state index in [1.165, 1.54) is 0 Å². The molecule has 2 aliphatic carbocycles. The molecule has 1 saturated carbocycles. The number of rotatable bonds is 7. The molecule has 1 heterocycles. The Balaban J connectivity index is 1.67. The number of hydrogen-bond donors (Lipinski definition) is 1. The zero-order valence-electron chi connectivity index (χ0n) is 16.6. The van der Waals surface area contributed by atoms with E-state index >= 15 is 0 Å². The van der Waals surface area contributed by atoms with Gasteiger partial charge in [-0.2, -0.15) is 0 Å². The fourth-order valence-corrected chi connectivity index (χ4v) is 5.03. The van der Waals surface area contributed by atoms with Crippen molar-refractivity contribution in [3.05, 3.63) is 52.8 Å². The van der Waals surface area contributed by atoms with E-state index in [0.717, 1.165) is 25.7 Å². The van der Waals surface area contributed by atoms with Gasteiger partial charge in [0.25, 0.3) is 0 Å². The maximum atomic E-state index is 15.0. The van der Waals surface area contributed by atoms with Gasteiger partial charge in [-0.1, -0.05) is 29.8 Å². The number of nitrogens with one attached hydrogen (secondary N) is 1. The summed E-state index contributed by atoms with van der Waals surface area (Å²) in [6.07, 6.45) is 8.08. The summed E-state index contributed by atoms with van der Waals surface area (Å²) >= 11 is 12.2. The van der Waals surface area contributed by atoms with Gasteiger partial charge in [0.05, 0.1) is 11.4 Å². The van der Waals surface area contributed by atoms with Crippen molar-refractivity contribution in [2.75, 3.05) is 11.9 Å². The number of carbonyl (C=O) groups excluding carboxylic acids is 2. The summed E-state index contributed by atoms with van der Waals surface area (Å²) in [5.74, 6) is -0.392. The van der Waals surface area contributed by atoms with Gasteiger partial charge in [0.2, 0.25) is 5.91 Å². The molecule has 0 aromatic heterocycles. The minimum absolute atomic E-state index is 0.0902. The summed E-state index contributed by atoms with van der Waals surface area (Å²) < 4.78 is 15.0. The first-order valence-electron chi connectivity index (χ1n) is 10.4. The molecule has 0 spiro atoms. The number of halogens is 3. The van der Waals surface area contributed by atoms with Crippen LogP contribution >= 0.6 is 23.2 Å². The SMILES string of the molecule is O=CC[C@H]1CC(C2=C(F)C(Cl)CC=C2)C(C(=O)Nc2cccc(Cl)c2)N1CC1CC1. The maximum absolute atomic E-state index is 15.0. The van der Waals surface area contributed by atoms with Crippen molar-refractivity contribution >= 4 is 41.1 Å². The minimum atomic E-state index is -0.705. The van der Waals surface area contributed by atoms with Gasteiger partial charge in [-0.15, -0.1) is 11.6 Å². The van der Waals surface area contributed by atoms with Crippen molar-refractivity contribution in [2.24, 2.45) is 11.8 Å². The van der Waals surface area contributed by atoms with Gasteiger partial charge in [0.15, 0.2) is 0 Å². The molecule has 4 rings (SSSR count). The van der Waals surface area contributed by atoms with Crippen molar-refractivity contribution in [2.45, 2.75) is 49.6 Å². The Morgan fingerprint density at radius 1 is 1.33 bits per heavy atom.